The van der Waals surface area contributed by atoms with Crippen molar-refractivity contribution in [2.24, 2.45) is 0 Å². The van der Waals surface area contributed by atoms with Crippen LogP contribution in [0.4, 0.5) is 0 Å². The highest BCUT2D eigenvalue weighted by Gasteiger charge is 2.05. The molecule has 0 spiro atoms. The Bertz CT molecular complexity index is 470. The van der Waals surface area contributed by atoms with E-state index in [1.165, 1.54) is 0 Å². The first-order chi connectivity index (χ1) is 7.79. The van der Waals surface area contributed by atoms with Crippen LogP contribution in [0.15, 0.2) is 28.3 Å². The van der Waals surface area contributed by atoms with Gasteiger partial charge in [0.25, 0.3) is 0 Å². The number of hydrogen-bond acceptors (Lipinski definition) is 4. The van der Waals surface area contributed by atoms with E-state index in [4.69, 9.17) is 0 Å². The molecule has 0 saturated carbocycles. The monoisotopic (exact) mass is 297 g/mol. The molecule has 0 aliphatic carbocycles. The van der Waals surface area contributed by atoms with E-state index in [2.05, 4.69) is 43.5 Å². The van der Waals surface area contributed by atoms with Crippen LogP contribution in [0, 0.1) is 0 Å². The van der Waals surface area contributed by atoms with Crippen molar-refractivity contribution in [1.82, 2.24) is 15.3 Å². The molecule has 1 N–H and O–H groups in total. The van der Waals surface area contributed by atoms with Crippen LogP contribution >= 0.6 is 27.3 Å². The first kappa shape index (κ1) is 11.7. The molecule has 0 fully saturated rings. The van der Waals surface area contributed by atoms with Crippen molar-refractivity contribution in [1.29, 1.82) is 0 Å². The van der Waals surface area contributed by atoms with Gasteiger partial charge in [0.05, 0.1) is 5.69 Å². The lowest BCUT2D eigenvalue weighted by molar-refractivity contribution is 0.715. The van der Waals surface area contributed by atoms with Crippen LogP contribution in [-0.2, 0) is 6.54 Å². The number of rotatable bonds is 4. The fourth-order valence-electron chi connectivity index (χ4n) is 1.30. The Morgan fingerprint density at radius 3 is 3.06 bits per heavy atom. The van der Waals surface area contributed by atoms with Crippen LogP contribution < -0.4 is 5.32 Å². The van der Waals surface area contributed by atoms with Crippen LogP contribution in [0.5, 0.6) is 0 Å². The zero-order chi connectivity index (χ0) is 11.4. The predicted octanol–water partition coefficient (Wildman–Crippen LogP) is 3.08. The van der Waals surface area contributed by atoms with Crippen molar-refractivity contribution in [3.05, 3.63) is 34.0 Å². The maximum absolute atomic E-state index is 4.55. The van der Waals surface area contributed by atoms with Gasteiger partial charge in [-0.25, -0.2) is 4.98 Å². The first-order valence-electron chi connectivity index (χ1n) is 5.05. The van der Waals surface area contributed by atoms with Crippen molar-refractivity contribution in [3.8, 4) is 10.6 Å². The van der Waals surface area contributed by atoms with Crippen LogP contribution in [0.2, 0.25) is 0 Å². The summed E-state index contributed by atoms with van der Waals surface area (Å²) in [5.41, 5.74) is 2.14. The number of halogens is 1. The van der Waals surface area contributed by atoms with E-state index in [0.29, 0.717) is 0 Å². The smallest absolute Gasteiger partial charge is 0.125 e. The van der Waals surface area contributed by atoms with E-state index >= 15 is 0 Å². The molecule has 84 valence electrons. The normalized spacial score (nSPS) is 10.6. The third-order valence-electron chi connectivity index (χ3n) is 2.06. The second kappa shape index (κ2) is 5.52. The van der Waals surface area contributed by atoms with Gasteiger partial charge in [0.1, 0.15) is 5.01 Å². The molecule has 0 atom stereocenters. The van der Waals surface area contributed by atoms with Crippen LogP contribution in [0.25, 0.3) is 10.6 Å². The molecule has 2 heterocycles. The minimum atomic E-state index is 0.828. The van der Waals surface area contributed by atoms with Gasteiger partial charge >= 0.3 is 0 Å². The molecule has 0 bridgehead atoms. The minimum absolute atomic E-state index is 0.828. The molecule has 2 rings (SSSR count). The Balaban J connectivity index is 2.18. The molecule has 16 heavy (non-hydrogen) atoms. The molecule has 0 radical (unpaired) electrons. The lowest BCUT2D eigenvalue weighted by Crippen LogP contribution is -2.11. The van der Waals surface area contributed by atoms with Gasteiger partial charge in [0, 0.05) is 34.4 Å². The van der Waals surface area contributed by atoms with Crippen molar-refractivity contribution in [2.75, 3.05) is 6.54 Å². The van der Waals surface area contributed by atoms with Gasteiger partial charge in [-0.1, -0.05) is 6.92 Å². The first-order valence-corrected chi connectivity index (χ1v) is 6.73. The summed E-state index contributed by atoms with van der Waals surface area (Å²) in [7, 11) is 0. The summed E-state index contributed by atoms with van der Waals surface area (Å²) in [4.78, 5) is 8.69. The van der Waals surface area contributed by atoms with Gasteiger partial charge in [-0.05, 0) is 28.5 Å². The van der Waals surface area contributed by atoms with Crippen molar-refractivity contribution >= 4 is 27.3 Å². The molecule has 0 saturated heterocycles. The number of pyridine rings is 1. The van der Waals surface area contributed by atoms with E-state index in [9.17, 15) is 0 Å². The molecule has 0 aromatic carbocycles. The molecular formula is C11H12BrN3S. The van der Waals surface area contributed by atoms with Crippen LogP contribution in [0.3, 0.4) is 0 Å². The maximum atomic E-state index is 4.55. The molecule has 2 aromatic rings. The predicted molar refractivity (Wildman–Crippen MR) is 70.4 cm³/mol. The molecule has 3 nitrogen and oxygen atoms in total. The Morgan fingerprint density at radius 1 is 1.44 bits per heavy atom. The second-order valence-corrected chi connectivity index (χ2v) is 5.09. The summed E-state index contributed by atoms with van der Waals surface area (Å²) in [6.45, 7) is 3.88. The summed E-state index contributed by atoms with van der Waals surface area (Å²) in [6, 6.07) is 2.03. The average molecular weight is 298 g/mol. The van der Waals surface area contributed by atoms with Gasteiger partial charge in [-0.3, -0.25) is 4.98 Å². The van der Waals surface area contributed by atoms with E-state index in [1.54, 1.807) is 17.5 Å². The van der Waals surface area contributed by atoms with Gasteiger partial charge in [0.2, 0.25) is 0 Å². The van der Waals surface area contributed by atoms with E-state index in [1.807, 2.05) is 12.3 Å². The summed E-state index contributed by atoms with van der Waals surface area (Å²) < 4.78 is 0.980. The lowest BCUT2D eigenvalue weighted by atomic mass is 10.3. The fourth-order valence-corrected chi connectivity index (χ4v) is 2.47. The van der Waals surface area contributed by atoms with Crippen molar-refractivity contribution in [3.63, 3.8) is 0 Å². The lowest BCUT2D eigenvalue weighted by Gasteiger charge is -1.97. The Labute approximate surface area is 107 Å². The zero-order valence-electron chi connectivity index (χ0n) is 8.90. The molecule has 0 aliphatic rings. The molecule has 0 aliphatic heterocycles. The molecular weight excluding hydrogens is 286 g/mol. The summed E-state index contributed by atoms with van der Waals surface area (Å²) >= 11 is 5.06. The highest BCUT2D eigenvalue weighted by molar-refractivity contribution is 9.10. The molecule has 0 unspecified atom stereocenters. The largest absolute Gasteiger partial charge is 0.311 e. The van der Waals surface area contributed by atoms with E-state index < -0.39 is 0 Å². The van der Waals surface area contributed by atoms with E-state index in [-0.39, 0.29) is 0 Å². The van der Waals surface area contributed by atoms with Gasteiger partial charge < -0.3 is 5.32 Å². The maximum Gasteiger partial charge on any atom is 0.125 e. The zero-order valence-corrected chi connectivity index (χ0v) is 11.3. The number of aromatic nitrogens is 2. The fraction of sp³-hybridized carbons (Fsp3) is 0.273. The Kier molecular flexibility index (Phi) is 4.04. The number of thiazole rings is 1. The quantitative estimate of drug-likeness (QED) is 0.942. The Hall–Kier alpha value is -0.780. The SMILES string of the molecule is CCNCc1csc(-c2cncc(Br)c2)n1. The Morgan fingerprint density at radius 2 is 2.31 bits per heavy atom. The van der Waals surface area contributed by atoms with Crippen LogP contribution in [-0.4, -0.2) is 16.5 Å². The number of nitrogens with zero attached hydrogens (tertiary/aromatic N) is 2. The average Bonchev–Trinajstić information content (AvgIpc) is 2.75. The molecule has 2 aromatic heterocycles. The summed E-state index contributed by atoms with van der Waals surface area (Å²) in [5.74, 6) is 0. The third kappa shape index (κ3) is 2.87. The van der Waals surface area contributed by atoms with Crippen molar-refractivity contribution in [2.45, 2.75) is 13.5 Å². The van der Waals surface area contributed by atoms with Gasteiger partial charge in [-0.2, -0.15) is 0 Å². The van der Waals surface area contributed by atoms with Crippen LogP contribution in [0.1, 0.15) is 12.6 Å². The third-order valence-corrected chi connectivity index (χ3v) is 3.43. The summed E-state index contributed by atoms with van der Waals surface area (Å²) in [6.07, 6.45) is 3.61. The van der Waals surface area contributed by atoms with Crippen molar-refractivity contribution < 1.29 is 0 Å². The number of hydrogen-bond donors (Lipinski definition) is 1. The van der Waals surface area contributed by atoms with E-state index in [0.717, 1.165) is 33.8 Å². The second-order valence-electron chi connectivity index (χ2n) is 3.32. The highest BCUT2D eigenvalue weighted by atomic mass is 79.9. The molecule has 0 amide bonds. The van der Waals surface area contributed by atoms with Gasteiger partial charge in [-0.15, -0.1) is 11.3 Å². The highest BCUT2D eigenvalue weighted by Crippen LogP contribution is 2.25. The standard InChI is InChI=1S/C11H12BrN3S/c1-2-13-6-10-7-16-11(15-10)8-3-9(12)5-14-4-8/h3-5,7,13H,2,6H2,1H3. The topological polar surface area (TPSA) is 37.8 Å². The minimum Gasteiger partial charge on any atom is -0.311 e. The summed E-state index contributed by atoms with van der Waals surface area (Å²) in [5, 5.41) is 6.36. The van der Waals surface area contributed by atoms with Gasteiger partial charge in [0.15, 0.2) is 0 Å². The number of nitrogens with one attached hydrogen (secondary N) is 1. The molecule has 5 heteroatoms.